The van der Waals surface area contributed by atoms with E-state index < -0.39 is 5.97 Å². The van der Waals surface area contributed by atoms with E-state index in [1.54, 1.807) is 6.26 Å². The normalized spacial score (nSPS) is 19.1. The van der Waals surface area contributed by atoms with Gasteiger partial charge in [0, 0.05) is 16.6 Å². The molecule has 1 unspecified atom stereocenters. The van der Waals surface area contributed by atoms with Crippen LogP contribution >= 0.6 is 11.3 Å². The van der Waals surface area contributed by atoms with Gasteiger partial charge in [0.25, 0.3) is 0 Å². The number of carboxylic acid groups (broad SMARTS) is 1. The number of nitrogens with two attached hydrogens (primary N) is 1. The summed E-state index contributed by atoms with van der Waals surface area (Å²) < 4.78 is 5.69. The Morgan fingerprint density at radius 2 is 2.24 bits per heavy atom. The number of hydrogen-bond acceptors (Lipinski definition) is 5. The van der Waals surface area contributed by atoms with Gasteiger partial charge >= 0.3 is 5.97 Å². The van der Waals surface area contributed by atoms with Crippen LogP contribution in [0.4, 0.5) is 5.69 Å². The number of rotatable bonds is 2. The Hall–Kier alpha value is -2.34. The molecule has 0 aliphatic heterocycles. The highest BCUT2D eigenvalue weighted by atomic mass is 32.1. The van der Waals surface area contributed by atoms with Crippen LogP contribution < -0.4 is 5.73 Å². The monoisotopic (exact) mass is 356 g/mol. The third-order valence-corrected chi connectivity index (χ3v) is 6.04. The van der Waals surface area contributed by atoms with Crippen molar-refractivity contribution in [2.75, 3.05) is 5.73 Å². The number of fused-ring (bicyclic) bond motifs is 2. The highest BCUT2D eigenvalue weighted by Crippen LogP contribution is 2.50. The number of furan rings is 1. The van der Waals surface area contributed by atoms with Crippen molar-refractivity contribution >= 4 is 33.2 Å². The molecule has 3 N–H and O–H groups in total. The molecule has 4 rings (SSSR count). The third-order valence-electron chi connectivity index (χ3n) is 4.95. The summed E-state index contributed by atoms with van der Waals surface area (Å²) in [6.07, 6.45) is 3.53. The van der Waals surface area contributed by atoms with Crippen LogP contribution in [0.15, 0.2) is 22.8 Å². The number of carbonyl (C=O) groups is 1. The minimum Gasteiger partial charge on any atom is -0.477 e. The zero-order valence-corrected chi connectivity index (χ0v) is 15.2. The summed E-state index contributed by atoms with van der Waals surface area (Å²) in [5, 5.41) is 10.2. The number of nitrogens with zero attached hydrogens (tertiary/aromatic N) is 1. The Morgan fingerprint density at radius 3 is 2.88 bits per heavy atom. The Morgan fingerprint density at radius 1 is 1.48 bits per heavy atom. The van der Waals surface area contributed by atoms with Crippen LogP contribution in [-0.4, -0.2) is 16.1 Å². The summed E-state index contributed by atoms with van der Waals surface area (Å²) in [6.45, 7) is 6.69. The van der Waals surface area contributed by atoms with Crippen molar-refractivity contribution in [1.82, 2.24) is 4.98 Å². The quantitative estimate of drug-likeness (QED) is 0.681. The van der Waals surface area contributed by atoms with Gasteiger partial charge in [0.15, 0.2) is 0 Å². The van der Waals surface area contributed by atoms with Crippen molar-refractivity contribution in [2.24, 2.45) is 5.41 Å². The maximum absolute atomic E-state index is 11.6. The first-order valence-electron chi connectivity index (χ1n) is 8.30. The predicted octanol–water partition coefficient (Wildman–Crippen LogP) is 4.91. The molecule has 1 aliphatic rings. The van der Waals surface area contributed by atoms with E-state index in [9.17, 15) is 9.90 Å². The molecule has 0 saturated heterocycles. The molecular weight excluding hydrogens is 336 g/mol. The molecule has 0 bridgehead atoms. The van der Waals surface area contributed by atoms with E-state index >= 15 is 0 Å². The van der Waals surface area contributed by atoms with Gasteiger partial charge in [-0.15, -0.1) is 11.3 Å². The van der Waals surface area contributed by atoms with E-state index in [1.807, 2.05) is 12.1 Å². The third kappa shape index (κ3) is 2.43. The lowest BCUT2D eigenvalue weighted by Gasteiger charge is -2.36. The molecule has 1 atom stereocenters. The van der Waals surface area contributed by atoms with Crippen molar-refractivity contribution in [3.8, 4) is 11.3 Å². The first-order valence-corrected chi connectivity index (χ1v) is 9.12. The Balaban J connectivity index is 2.13. The fourth-order valence-corrected chi connectivity index (χ4v) is 5.13. The average molecular weight is 356 g/mol. The molecule has 130 valence electrons. The number of hydrogen-bond donors (Lipinski definition) is 2. The standard InChI is InChI=1S/C19H20N2O3S/c1-9-7-19(2,3)8-10-12(9)13(11-5-4-6-24-11)14-15(20)16(18(22)23)25-17(14)21-10/h4-6,9H,7-8,20H2,1-3H3,(H,22,23). The van der Waals surface area contributed by atoms with Gasteiger partial charge in [-0.2, -0.15) is 0 Å². The Kier molecular flexibility index (Phi) is 3.44. The van der Waals surface area contributed by atoms with Gasteiger partial charge < -0.3 is 15.3 Å². The fraction of sp³-hybridized carbons (Fsp3) is 0.368. The van der Waals surface area contributed by atoms with Gasteiger partial charge in [-0.3, -0.25) is 0 Å². The SMILES string of the molecule is CC1CC(C)(C)Cc2nc3sc(C(=O)O)c(N)c3c(-c3ccco3)c21. The smallest absolute Gasteiger partial charge is 0.348 e. The van der Waals surface area contributed by atoms with E-state index in [0.717, 1.165) is 46.8 Å². The van der Waals surface area contributed by atoms with Gasteiger partial charge in [0.1, 0.15) is 15.5 Å². The zero-order valence-electron chi connectivity index (χ0n) is 14.4. The first kappa shape index (κ1) is 16.1. The second kappa shape index (κ2) is 5.33. The maximum atomic E-state index is 11.6. The van der Waals surface area contributed by atoms with Gasteiger partial charge in [0.05, 0.1) is 12.0 Å². The van der Waals surface area contributed by atoms with Gasteiger partial charge in [-0.05, 0) is 41.9 Å². The average Bonchev–Trinajstić information content (AvgIpc) is 3.12. The van der Waals surface area contributed by atoms with E-state index in [4.69, 9.17) is 15.1 Å². The molecule has 3 aromatic heterocycles. The first-order chi connectivity index (χ1) is 11.8. The molecule has 6 heteroatoms. The largest absolute Gasteiger partial charge is 0.477 e. The van der Waals surface area contributed by atoms with Crippen LogP contribution in [0.25, 0.3) is 21.5 Å². The number of anilines is 1. The summed E-state index contributed by atoms with van der Waals surface area (Å²) >= 11 is 1.14. The van der Waals surface area contributed by atoms with Crippen LogP contribution in [0.1, 0.15) is 54.0 Å². The number of aromatic nitrogens is 1. The number of carboxylic acids is 1. The molecule has 3 aromatic rings. The topological polar surface area (TPSA) is 89.3 Å². The van der Waals surface area contributed by atoms with Crippen LogP contribution in [-0.2, 0) is 6.42 Å². The lowest BCUT2D eigenvalue weighted by molar-refractivity contribution is 0.0703. The van der Waals surface area contributed by atoms with Crippen molar-refractivity contribution in [3.63, 3.8) is 0 Å². The summed E-state index contributed by atoms with van der Waals surface area (Å²) in [4.78, 5) is 17.2. The predicted molar refractivity (Wildman–Crippen MR) is 99.2 cm³/mol. The van der Waals surface area contributed by atoms with Crippen molar-refractivity contribution in [2.45, 2.75) is 39.5 Å². The number of aromatic carboxylic acids is 1. The van der Waals surface area contributed by atoms with E-state index in [2.05, 4.69) is 20.8 Å². The fourth-order valence-electron chi connectivity index (χ4n) is 4.17. The zero-order chi connectivity index (χ0) is 17.9. The van der Waals surface area contributed by atoms with Crippen molar-refractivity contribution < 1.29 is 14.3 Å². The lowest BCUT2D eigenvalue weighted by Crippen LogP contribution is -2.26. The van der Waals surface area contributed by atoms with Crippen LogP contribution in [0.3, 0.4) is 0 Å². The van der Waals surface area contributed by atoms with Crippen molar-refractivity contribution in [3.05, 3.63) is 34.5 Å². The summed E-state index contributed by atoms with van der Waals surface area (Å²) in [5.74, 6) is -0.00258. The minimum atomic E-state index is -1.02. The minimum absolute atomic E-state index is 0.143. The Bertz CT molecular complexity index is 986. The molecule has 0 amide bonds. The molecule has 0 spiro atoms. The highest BCUT2D eigenvalue weighted by Gasteiger charge is 2.35. The molecule has 25 heavy (non-hydrogen) atoms. The second-order valence-corrected chi connectivity index (χ2v) is 8.60. The summed E-state index contributed by atoms with van der Waals surface area (Å²) in [6, 6.07) is 3.74. The molecular formula is C19H20N2O3S. The molecule has 0 aromatic carbocycles. The van der Waals surface area contributed by atoms with Crippen molar-refractivity contribution in [1.29, 1.82) is 0 Å². The number of nitrogen functional groups attached to an aromatic ring is 1. The molecule has 3 heterocycles. The highest BCUT2D eigenvalue weighted by molar-refractivity contribution is 7.21. The second-order valence-electron chi connectivity index (χ2n) is 7.60. The molecule has 5 nitrogen and oxygen atoms in total. The lowest BCUT2D eigenvalue weighted by atomic mass is 9.70. The van der Waals surface area contributed by atoms with Gasteiger partial charge in [-0.25, -0.2) is 9.78 Å². The summed E-state index contributed by atoms with van der Waals surface area (Å²) in [5.41, 5.74) is 9.75. The van der Waals surface area contributed by atoms with Crippen LogP contribution in [0.5, 0.6) is 0 Å². The van der Waals surface area contributed by atoms with Crippen LogP contribution in [0.2, 0.25) is 0 Å². The molecule has 0 saturated carbocycles. The molecule has 0 fully saturated rings. The van der Waals surface area contributed by atoms with E-state index in [-0.39, 0.29) is 16.0 Å². The van der Waals surface area contributed by atoms with Crippen LogP contribution in [0, 0.1) is 5.41 Å². The van der Waals surface area contributed by atoms with E-state index in [1.165, 1.54) is 0 Å². The Labute approximate surface area is 149 Å². The molecule has 0 radical (unpaired) electrons. The number of pyridine rings is 1. The summed E-state index contributed by atoms with van der Waals surface area (Å²) in [7, 11) is 0. The maximum Gasteiger partial charge on any atom is 0.348 e. The van der Waals surface area contributed by atoms with Gasteiger partial charge in [0.2, 0.25) is 0 Å². The molecule has 1 aliphatic carbocycles. The van der Waals surface area contributed by atoms with E-state index in [0.29, 0.717) is 16.1 Å². The number of thiophene rings is 1. The van der Waals surface area contributed by atoms with Gasteiger partial charge in [-0.1, -0.05) is 20.8 Å².